The minimum Gasteiger partial charge on any atom is -0.481 e. The van der Waals surface area contributed by atoms with E-state index in [1.807, 2.05) is 50.5 Å². The maximum Gasteiger partial charge on any atom is 0.336 e. The summed E-state index contributed by atoms with van der Waals surface area (Å²) in [7, 11) is 3.99. The molecule has 3 rings (SSSR count). The monoisotopic (exact) mass is 394 g/mol. The fraction of sp³-hybridized carbons (Fsp3) is 0.304. The lowest BCUT2D eigenvalue weighted by molar-refractivity contribution is -0.127. The van der Waals surface area contributed by atoms with Crippen LogP contribution in [0.2, 0.25) is 0 Å². The van der Waals surface area contributed by atoms with Crippen LogP contribution in [0, 0.1) is 0 Å². The largest absolute Gasteiger partial charge is 0.481 e. The lowest BCUT2D eigenvalue weighted by Crippen LogP contribution is -2.37. The molecular weight excluding hydrogens is 368 g/mol. The first-order chi connectivity index (χ1) is 13.9. The van der Waals surface area contributed by atoms with Crippen molar-refractivity contribution in [2.75, 3.05) is 27.2 Å². The fourth-order valence-corrected chi connectivity index (χ4v) is 3.08. The van der Waals surface area contributed by atoms with E-state index in [1.165, 1.54) is 6.07 Å². The number of carbonyl (C=O) groups is 1. The van der Waals surface area contributed by atoms with Crippen molar-refractivity contribution >= 4 is 16.9 Å². The van der Waals surface area contributed by atoms with E-state index in [4.69, 9.17) is 9.15 Å². The first-order valence-electron chi connectivity index (χ1n) is 9.66. The van der Waals surface area contributed by atoms with Crippen molar-refractivity contribution in [1.82, 2.24) is 10.2 Å². The summed E-state index contributed by atoms with van der Waals surface area (Å²) in [5.41, 5.74) is 1.73. The van der Waals surface area contributed by atoms with Crippen LogP contribution in [0.3, 0.4) is 0 Å². The number of nitrogens with one attached hydrogen (secondary N) is 1. The van der Waals surface area contributed by atoms with Gasteiger partial charge in [0.05, 0.1) is 0 Å². The molecule has 2 aromatic carbocycles. The Morgan fingerprint density at radius 1 is 1.14 bits per heavy atom. The average Bonchev–Trinajstić information content (AvgIpc) is 2.70. The first kappa shape index (κ1) is 20.6. The number of fused-ring (bicyclic) bond motifs is 1. The summed E-state index contributed by atoms with van der Waals surface area (Å²) in [6.45, 7) is 3.20. The van der Waals surface area contributed by atoms with Crippen LogP contribution >= 0.6 is 0 Å². The molecule has 0 bridgehead atoms. The maximum atomic E-state index is 12.2. The third-order valence-electron chi connectivity index (χ3n) is 4.56. The lowest BCUT2D eigenvalue weighted by Gasteiger charge is -2.16. The molecule has 0 saturated heterocycles. The number of rotatable bonds is 8. The summed E-state index contributed by atoms with van der Waals surface area (Å²) < 4.78 is 11.1. The highest BCUT2D eigenvalue weighted by Crippen LogP contribution is 2.29. The van der Waals surface area contributed by atoms with Crippen LogP contribution in [0.4, 0.5) is 0 Å². The van der Waals surface area contributed by atoms with Crippen molar-refractivity contribution in [3.05, 3.63) is 65.0 Å². The van der Waals surface area contributed by atoms with Gasteiger partial charge in [0.25, 0.3) is 5.91 Å². The zero-order chi connectivity index (χ0) is 20.8. The quantitative estimate of drug-likeness (QED) is 0.469. The van der Waals surface area contributed by atoms with Gasteiger partial charge in [0.15, 0.2) is 6.10 Å². The smallest absolute Gasteiger partial charge is 0.336 e. The minimum absolute atomic E-state index is 0.177. The third kappa shape index (κ3) is 5.45. The van der Waals surface area contributed by atoms with Crippen molar-refractivity contribution in [3.63, 3.8) is 0 Å². The van der Waals surface area contributed by atoms with Gasteiger partial charge in [-0.3, -0.25) is 4.79 Å². The number of hydrogen-bond donors (Lipinski definition) is 1. The number of ether oxygens (including phenoxy) is 1. The summed E-state index contributed by atoms with van der Waals surface area (Å²) in [6, 6.07) is 16.4. The lowest BCUT2D eigenvalue weighted by atomic mass is 10.0. The molecule has 1 N–H and O–H groups in total. The second-order valence-electron chi connectivity index (χ2n) is 7.21. The molecule has 6 nitrogen and oxygen atoms in total. The highest BCUT2D eigenvalue weighted by atomic mass is 16.5. The molecule has 1 heterocycles. The van der Waals surface area contributed by atoms with E-state index in [-0.39, 0.29) is 5.91 Å². The van der Waals surface area contributed by atoms with Crippen molar-refractivity contribution in [3.8, 4) is 16.9 Å². The molecule has 3 aromatic rings. The molecule has 1 atom stereocenters. The Morgan fingerprint density at radius 3 is 2.62 bits per heavy atom. The molecule has 29 heavy (non-hydrogen) atoms. The topological polar surface area (TPSA) is 71.8 Å². The van der Waals surface area contributed by atoms with E-state index in [1.54, 1.807) is 19.1 Å². The van der Waals surface area contributed by atoms with Crippen LogP contribution in [-0.4, -0.2) is 44.1 Å². The van der Waals surface area contributed by atoms with E-state index in [0.717, 1.165) is 29.5 Å². The number of nitrogens with zero attached hydrogens (tertiary/aromatic N) is 1. The van der Waals surface area contributed by atoms with Crippen LogP contribution in [0.25, 0.3) is 22.1 Å². The number of benzene rings is 2. The van der Waals surface area contributed by atoms with Gasteiger partial charge in [-0.1, -0.05) is 30.3 Å². The molecule has 0 aliphatic heterocycles. The molecule has 0 fully saturated rings. The van der Waals surface area contributed by atoms with Gasteiger partial charge in [0.2, 0.25) is 0 Å². The van der Waals surface area contributed by atoms with Crippen molar-refractivity contribution < 1.29 is 13.9 Å². The van der Waals surface area contributed by atoms with Crippen LogP contribution in [0.1, 0.15) is 13.3 Å². The molecule has 0 saturated carbocycles. The second kappa shape index (κ2) is 9.39. The molecule has 0 unspecified atom stereocenters. The molecule has 152 valence electrons. The van der Waals surface area contributed by atoms with Gasteiger partial charge in [-0.2, -0.15) is 0 Å². The Balaban J connectivity index is 1.75. The summed E-state index contributed by atoms with van der Waals surface area (Å²) in [6.07, 6.45) is 0.213. The fourth-order valence-electron chi connectivity index (χ4n) is 3.08. The molecule has 0 spiro atoms. The molecule has 1 aromatic heterocycles. The molecule has 6 heteroatoms. The second-order valence-corrected chi connectivity index (χ2v) is 7.21. The van der Waals surface area contributed by atoms with E-state index in [0.29, 0.717) is 17.9 Å². The standard InChI is InChI=1S/C23H26N2O4/c1-16(23(27)24-12-7-13-25(2)3)28-18-10-11-19-20(17-8-5-4-6-9-17)15-22(26)29-21(19)14-18/h4-6,8-11,14-16H,7,12-13H2,1-3H3,(H,24,27)/t16-/m1/s1. The van der Waals surface area contributed by atoms with E-state index in [2.05, 4.69) is 10.2 Å². The minimum atomic E-state index is -0.657. The highest BCUT2D eigenvalue weighted by molar-refractivity contribution is 5.93. The van der Waals surface area contributed by atoms with E-state index >= 15 is 0 Å². The maximum absolute atomic E-state index is 12.2. The Labute approximate surface area is 170 Å². The average molecular weight is 394 g/mol. The van der Waals surface area contributed by atoms with Gasteiger partial charge < -0.3 is 19.4 Å². The SMILES string of the molecule is C[C@@H](Oc1ccc2c(-c3ccccc3)cc(=O)oc2c1)C(=O)NCCCN(C)C. The van der Waals surface area contributed by atoms with Crippen LogP contribution in [0.5, 0.6) is 5.75 Å². The van der Waals surface area contributed by atoms with Gasteiger partial charge in [-0.05, 0) is 57.2 Å². The number of amides is 1. The third-order valence-corrected chi connectivity index (χ3v) is 4.56. The zero-order valence-electron chi connectivity index (χ0n) is 17.0. The molecule has 0 aliphatic carbocycles. The summed E-state index contributed by atoms with van der Waals surface area (Å²) in [5.74, 6) is 0.296. The summed E-state index contributed by atoms with van der Waals surface area (Å²) in [5, 5.41) is 3.68. The normalized spacial score (nSPS) is 12.1. The Hall–Kier alpha value is -3.12. The number of carbonyl (C=O) groups excluding carboxylic acids is 1. The van der Waals surface area contributed by atoms with Crippen molar-refractivity contribution in [1.29, 1.82) is 0 Å². The molecule has 0 radical (unpaired) electrons. The predicted octanol–water partition coefficient (Wildman–Crippen LogP) is 3.30. The Morgan fingerprint density at radius 2 is 1.90 bits per heavy atom. The van der Waals surface area contributed by atoms with Crippen molar-refractivity contribution in [2.45, 2.75) is 19.4 Å². The van der Waals surface area contributed by atoms with Crippen LogP contribution in [0.15, 0.2) is 63.8 Å². The van der Waals surface area contributed by atoms with Crippen LogP contribution < -0.4 is 15.7 Å². The summed E-state index contributed by atoms with van der Waals surface area (Å²) in [4.78, 5) is 26.3. The number of hydrogen-bond acceptors (Lipinski definition) is 5. The first-order valence-corrected chi connectivity index (χ1v) is 9.66. The van der Waals surface area contributed by atoms with Gasteiger partial charge in [0, 0.05) is 24.1 Å². The summed E-state index contributed by atoms with van der Waals surface area (Å²) >= 11 is 0. The van der Waals surface area contributed by atoms with Crippen LogP contribution in [-0.2, 0) is 4.79 Å². The molecular formula is C23H26N2O4. The van der Waals surface area contributed by atoms with E-state index in [9.17, 15) is 9.59 Å². The van der Waals surface area contributed by atoms with Gasteiger partial charge >= 0.3 is 5.63 Å². The molecule has 1 amide bonds. The Kier molecular flexibility index (Phi) is 6.67. The van der Waals surface area contributed by atoms with Gasteiger partial charge in [-0.15, -0.1) is 0 Å². The zero-order valence-corrected chi connectivity index (χ0v) is 17.0. The Bertz CT molecular complexity index is 1030. The predicted molar refractivity (Wildman–Crippen MR) is 114 cm³/mol. The molecule has 0 aliphatic rings. The van der Waals surface area contributed by atoms with Gasteiger partial charge in [-0.25, -0.2) is 4.79 Å². The van der Waals surface area contributed by atoms with Gasteiger partial charge in [0.1, 0.15) is 11.3 Å². The van der Waals surface area contributed by atoms with E-state index < -0.39 is 11.7 Å². The highest BCUT2D eigenvalue weighted by Gasteiger charge is 2.15. The van der Waals surface area contributed by atoms with Crippen molar-refractivity contribution in [2.24, 2.45) is 0 Å².